The van der Waals surface area contributed by atoms with E-state index in [0.29, 0.717) is 6.42 Å². The first-order chi connectivity index (χ1) is 13.0. The third-order valence-electron chi connectivity index (χ3n) is 3.61. The van der Waals surface area contributed by atoms with Crippen LogP contribution in [0.1, 0.15) is 60.3 Å². The van der Waals surface area contributed by atoms with E-state index in [2.05, 4.69) is 20.1 Å². The molecule has 0 saturated carbocycles. The molecule has 0 aromatic carbocycles. The molecule has 0 aromatic heterocycles. The van der Waals surface area contributed by atoms with Gasteiger partial charge in [-0.3, -0.25) is 4.57 Å². The second-order valence-corrected chi connectivity index (χ2v) is 9.16. The quantitative estimate of drug-likeness (QED) is 0.163. The maximum atomic E-state index is 13.1. The van der Waals surface area contributed by atoms with Gasteiger partial charge in [0.15, 0.2) is 0 Å². The van der Waals surface area contributed by atoms with E-state index in [9.17, 15) is 14.2 Å². The van der Waals surface area contributed by atoms with Crippen LogP contribution >= 0.6 is 7.60 Å². The van der Waals surface area contributed by atoms with Gasteiger partial charge in [0, 0.05) is 11.1 Å². The minimum atomic E-state index is -3.43. The molecule has 0 spiro atoms. The molecule has 0 aliphatic carbocycles. The summed E-state index contributed by atoms with van der Waals surface area (Å²) in [6.45, 7) is 15.4. The molecule has 28 heavy (non-hydrogen) atoms. The molecule has 0 rings (SSSR count). The molecule has 0 radical (unpaired) electrons. The summed E-state index contributed by atoms with van der Waals surface area (Å²) in [6, 6.07) is 0. The predicted molar refractivity (Wildman–Crippen MR) is 109 cm³/mol. The molecule has 0 saturated heterocycles. The molecule has 0 aliphatic heterocycles. The zero-order chi connectivity index (χ0) is 21.7. The molecule has 0 amide bonds. The number of unbranched alkanes of at least 4 members (excludes halogenated alkanes) is 3. The van der Waals surface area contributed by atoms with Gasteiger partial charge in [-0.15, -0.1) is 0 Å². The van der Waals surface area contributed by atoms with Gasteiger partial charge < -0.3 is 18.5 Å². The summed E-state index contributed by atoms with van der Waals surface area (Å²) in [5.41, 5.74) is 0.554. The number of carbonyl (C=O) groups excluding carboxylic acids is 2. The lowest BCUT2D eigenvalue weighted by molar-refractivity contribution is -0.145. The van der Waals surface area contributed by atoms with Gasteiger partial charge in [0.2, 0.25) is 0 Å². The predicted octanol–water partition coefficient (Wildman–Crippen LogP) is 4.81. The van der Waals surface area contributed by atoms with Gasteiger partial charge in [-0.2, -0.15) is 0 Å². The number of hydrogen-bond acceptors (Lipinski definition) is 7. The van der Waals surface area contributed by atoms with Crippen molar-refractivity contribution in [3.05, 3.63) is 24.3 Å². The summed E-state index contributed by atoms with van der Waals surface area (Å²) in [7, 11) is -3.43. The highest BCUT2D eigenvalue weighted by Crippen LogP contribution is 2.49. The second kappa shape index (κ2) is 13.7. The van der Waals surface area contributed by atoms with Crippen molar-refractivity contribution in [3.8, 4) is 0 Å². The average molecular weight is 418 g/mol. The smallest absolute Gasteiger partial charge is 0.333 e. The Morgan fingerprint density at radius 3 is 1.64 bits per heavy atom. The molecule has 0 aromatic rings. The van der Waals surface area contributed by atoms with Gasteiger partial charge in [0.25, 0.3) is 0 Å². The van der Waals surface area contributed by atoms with Crippen LogP contribution in [0.5, 0.6) is 0 Å². The van der Waals surface area contributed by atoms with Crippen LogP contribution in [0.15, 0.2) is 24.3 Å². The summed E-state index contributed by atoms with van der Waals surface area (Å²) in [5.74, 6) is -1.06. The number of carbonyl (C=O) groups is 2. The lowest BCUT2D eigenvalue weighted by atomic mass is 10.2. The SMILES string of the molecule is C=C(C)C(=O)OC(C)COP(=O)(CCCCCC)OCC(C)OC(=O)C(=C)C. The standard InChI is InChI=1S/C20H35O7P/c1-8-9-10-11-12-28(23,24-13-17(6)26-19(21)15(2)3)25-14-18(7)27-20(22)16(4)5/h17-18H,2,4,8-14H2,1,3,5-7H3. The molecule has 0 aliphatic rings. The average Bonchev–Trinajstić information content (AvgIpc) is 2.62. The van der Waals surface area contributed by atoms with Crippen molar-refractivity contribution in [1.29, 1.82) is 0 Å². The first kappa shape index (κ1) is 26.6. The topological polar surface area (TPSA) is 88.1 Å². The largest absolute Gasteiger partial charge is 0.457 e. The minimum Gasteiger partial charge on any atom is -0.457 e. The van der Waals surface area contributed by atoms with Crippen LogP contribution in [0.3, 0.4) is 0 Å². The maximum absolute atomic E-state index is 13.1. The van der Waals surface area contributed by atoms with Gasteiger partial charge in [0.1, 0.15) is 12.2 Å². The highest BCUT2D eigenvalue weighted by atomic mass is 31.2. The Morgan fingerprint density at radius 2 is 1.29 bits per heavy atom. The van der Waals surface area contributed by atoms with E-state index in [1.807, 2.05) is 0 Å². The van der Waals surface area contributed by atoms with Crippen LogP contribution in [-0.4, -0.2) is 43.5 Å². The van der Waals surface area contributed by atoms with Crippen molar-refractivity contribution >= 4 is 19.5 Å². The fourth-order valence-corrected chi connectivity index (χ4v) is 3.79. The van der Waals surface area contributed by atoms with Crippen molar-refractivity contribution in [3.63, 3.8) is 0 Å². The molecular formula is C20H35O7P. The molecular weight excluding hydrogens is 383 g/mol. The van der Waals surface area contributed by atoms with E-state index < -0.39 is 31.7 Å². The molecule has 2 atom stereocenters. The van der Waals surface area contributed by atoms with Crippen molar-refractivity contribution in [2.24, 2.45) is 0 Å². The van der Waals surface area contributed by atoms with E-state index >= 15 is 0 Å². The van der Waals surface area contributed by atoms with Crippen LogP contribution < -0.4 is 0 Å². The normalized spacial score (nSPS) is 15.2. The Labute approximate surface area is 169 Å². The highest BCUT2D eigenvalue weighted by molar-refractivity contribution is 7.53. The van der Waals surface area contributed by atoms with Gasteiger partial charge >= 0.3 is 19.5 Å². The lowest BCUT2D eigenvalue weighted by Gasteiger charge is -2.23. The monoisotopic (exact) mass is 418 g/mol. The van der Waals surface area contributed by atoms with Gasteiger partial charge in [-0.25, -0.2) is 9.59 Å². The van der Waals surface area contributed by atoms with E-state index in [1.54, 1.807) is 27.7 Å². The van der Waals surface area contributed by atoms with Crippen LogP contribution in [-0.2, 0) is 32.7 Å². The molecule has 2 unspecified atom stereocenters. The third-order valence-corrected chi connectivity index (χ3v) is 5.56. The number of rotatable bonds is 15. The first-order valence-electron chi connectivity index (χ1n) is 9.61. The summed E-state index contributed by atoms with van der Waals surface area (Å²) >= 11 is 0. The first-order valence-corrected chi connectivity index (χ1v) is 11.3. The fourth-order valence-electron chi connectivity index (χ4n) is 1.97. The van der Waals surface area contributed by atoms with Crippen LogP contribution in [0.4, 0.5) is 0 Å². The van der Waals surface area contributed by atoms with Crippen molar-refractivity contribution in [2.75, 3.05) is 19.4 Å². The van der Waals surface area contributed by atoms with Crippen LogP contribution in [0, 0.1) is 0 Å². The van der Waals surface area contributed by atoms with E-state index in [1.165, 1.54) is 0 Å². The van der Waals surface area contributed by atoms with Crippen molar-refractivity contribution in [1.82, 2.24) is 0 Å². The summed E-state index contributed by atoms with van der Waals surface area (Å²) in [6.07, 6.45) is 2.71. The maximum Gasteiger partial charge on any atom is 0.333 e. The molecule has 0 heterocycles. The van der Waals surface area contributed by atoms with Gasteiger partial charge in [-0.1, -0.05) is 39.3 Å². The third kappa shape index (κ3) is 12.1. The summed E-state index contributed by atoms with van der Waals surface area (Å²) in [5, 5.41) is 0. The number of esters is 2. The summed E-state index contributed by atoms with van der Waals surface area (Å²) in [4.78, 5) is 23.1. The molecule has 0 bridgehead atoms. The Balaban J connectivity index is 4.75. The molecule has 7 nitrogen and oxygen atoms in total. The van der Waals surface area contributed by atoms with Gasteiger partial charge in [-0.05, 0) is 34.1 Å². The number of hydrogen-bond donors (Lipinski definition) is 0. The van der Waals surface area contributed by atoms with Crippen molar-refractivity contribution in [2.45, 2.75) is 72.5 Å². The second-order valence-electron chi connectivity index (χ2n) is 6.98. The Kier molecular flexibility index (Phi) is 13.0. The van der Waals surface area contributed by atoms with Crippen LogP contribution in [0.2, 0.25) is 0 Å². The zero-order valence-corrected chi connectivity index (χ0v) is 18.7. The lowest BCUT2D eigenvalue weighted by Crippen LogP contribution is -2.23. The zero-order valence-electron chi connectivity index (χ0n) is 17.8. The van der Waals surface area contributed by atoms with Gasteiger partial charge in [0.05, 0.1) is 19.4 Å². The molecule has 0 fully saturated rings. The minimum absolute atomic E-state index is 0.0655. The number of ether oxygens (including phenoxy) is 2. The van der Waals surface area contributed by atoms with E-state index in [4.69, 9.17) is 18.5 Å². The highest BCUT2D eigenvalue weighted by Gasteiger charge is 2.27. The molecule has 162 valence electrons. The summed E-state index contributed by atoms with van der Waals surface area (Å²) < 4.78 is 34.4. The Hall–Kier alpha value is -1.43. The van der Waals surface area contributed by atoms with Crippen LogP contribution in [0.25, 0.3) is 0 Å². The molecule has 0 N–H and O–H groups in total. The van der Waals surface area contributed by atoms with E-state index in [-0.39, 0.29) is 30.5 Å². The Morgan fingerprint density at radius 1 is 0.857 bits per heavy atom. The van der Waals surface area contributed by atoms with E-state index in [0.717, 1.165) is 19.3 Å². The van der Waals surface area contributed by atoms with Crippen molar-refractivity contribution < 1.29 is 32.7 Å². The fraction of sp³-hybridized carbons (Fsp3) is 0.700. The Bertz CT molecular complexity index is 543. The molecule has 8 heteroatoms.